The Kier molecular flexibility index (Phi) is 13.8. The molecule has 2 amide bonds. The van der Waals surface area contributed by atoms with Crippen LogP contribution in [0.15, 0.2) is 87.3 Å². The van der Waals surface area contributed by atoms with Gasteiger partial charge in [-0.05, 0) is 92.8 Å². The highest BCUT2D eigenvalue weighted by Crippen LogP contribution is 2.51. The van der Waals surface area contributed by atoms with Crippen molar-refractivity contribution in [2.75, 3.05) is 44.1 Å². The Morgan fingerprint density at radius 1 is 0.831 bits per heavy atom. The minimum atomic E-state index is -4.57. The van der Waals surface area contributed by atoms with Crippen molar-refractivity contribution < 1.29 is 67.6 Å². The lowest BCUT2D eigenvalue weighted by Crippen LogP contribution is -2.33. The minimum Gasteiger partial charge on any atom is -0.385 e. The van der Waals surface area contributed by atoms with E-state index in [0.29, 0.717) is 45.4 Å². The first kappa shape index (κ1) is 45.5. The van der Waals surface area contributed by atoms with Gasteiger partial charge in [0.2, 0.25) is 0 Å². The molecule has 0 radical (unpaired) electrons. The number of hydrogen-bond donors (Lipinski definition) is 3. The molecule has 2 unspecified atom stereocenters. The number of fused-ring (bicyclic) bond motifs is 2. The highest BCUT2D eigenvalue weighted by molar-refractivity contribution is 7.86. The van der Waals surface area contributed by atoms with Gasteiger partial charge in [-0.15, -0.1) is 5.06 Å². The van der Waals surface area contributed by atoms with Gasteiger partial charge in [0.1, 0.15) is 0 Å². The number of carbonyl (C=O) groups is 3. The molecular weight excluding hydrogens is 835 g/mol. The van der Waals surface area contributed by atoms with E-state index in [2.05, 4.69) is 4.99 Å². The van der Waals surface area contributed by atoms with Crippen molar-refractivity contribution in [2.24, 2.45) is 4.99 Å². The van der Waals surface area contributed by atoms with E-state index in [1.165, 1.54) is 37.4 Å². The number of anilines is 1. The highest BCUT2D eigenvalue weighted by atomic mass is 32.2. The van der Waals surface area contributed by atoms with Crippen LogP contribution in [-0.4, -0.2) is 107 Å². The number of ether oxygens (including phenoxy) is 2. The summed E-state index contributed by atoms with van der Waals surface area (Å²) in [7, 11) is -11.9. The van der Waals surface area contributed by atoms with Crippen molar-refractivity contribution in [3.05, 3.63) is 83.6 Å². The Labute approximate surface area is 342 Å². The third-order valence-corrected chi connectivity index (χ3v) is 12.9. The second-order valence-corrected chi connectivity index (χ2v) is 18.9. The van der Waals surface area contributed by atoms with E-state index >= 15 is 0 Å². The van der Waals surface area contributed by atoms with E-state index in [1.54, 1.807) is 37.3 Å². The molecule has 3 aliphatic heterocycles. The van der Waals surface area contributed by atoms with Crippen LogP contribution in [0.3, 0.4) is 0 Å². The molecule has 3 N–H and O–H groups in total. The van der Waals surface area contributed by atoms with Crippen LogP contribution in [0.5, 0.6) is 0 Å². The van der Waals surface area contributed by atoms with Gasteiger partial charge in [-0.1, -0.05) is 18.2 Å². The maximum atomic E-state index is 12.3. The summed E-state index contributed by atoms with van der Waals surface area (Å²) in [5.41, 5.74) is 1.39. The largest absolute Gasteiger partial charge is 0.385 e. The van der Waals surface area contributed by atoms with Crippen LogP contribution in [0.4, 0.5) is 11.4 Å². The van der Waals surface area contributed by atoms with Crippen molar-refractivity contribution in [1.29, 1.82) is 0 Å². The van der Waals surface area contributed by atoms with Gasteiger partial charge in [-0.2, -0.15) is 25.3 Å². The normalized spacial score (nSPS) is 21.6. The minimum absolute atomic E-state index is 0.0177. The van der Waals surface area contributed by atoms with Gasteiger partial charge in [0.05, 0.1) is 46.6 Å². The summed E-state index contributed by atoms with van der Waals surface area (Å²) < 4.78 is 111. The van der Waals surface area contributed by atoms with Gasteiger partial charge in [0, 0.05) is 55.3 Å². The molecule has 320 valence electrons. The molecule has 5 rings (SSSR count). The van der Waals surface area contributed by atoms with Crippen molar-refractivity contribution in [1.82, 2.24) is 5.06 Å². The van der Waals surface area contributed by atoms with Crippen molar-refractivity contribution in [2.45, 2.75) is 73.0 Å². The summed E-state index contributed by atoms with van der Waals surface area (Å²) in [4.78, 5) is 46.6. The standard InChI is InChI=1S/C38H45N3O15S3/c1-37(17-7-23-57(45,46)47)28-24-26(58(48,49)50)10-12-30(28)39-32(37)8-5-4-6-9-33-38(2,18-21-54-3)29-25-27(59(51,52)53)11-13-31(29)40(33)19-22-55-20-16-36(44)56-41-34(42)14-15-35(41)43/h4-6,8-13,24-25H,7,14-23H2,1-3H3,(H,45,46,47)(H,48,49,50)(H,51,52,53)/b6-4+,8-5+,33-9+. The molecule has 18 nitrogen and oxygen atoms in total. The van der Waals surface area contributed by atoms with Crippen molar-refractivity contribution >= 4 is 65.2 Å². The van der Waals surface area contributed by atoms with Crippen LogP contribution in [0.2, 0.25) is 0 Å². The topological polar surface area (TPSA) is 261 Å². The van der Waals surface area contributed by atoms with E-state index in [1.807, 2.05) is 17.9 Å². The maximum Gasteiger partial charge on any atom is 0.335 e. The molecule has 1 saturated heterocycles. The summed E-state index contributed by atoms with van der Waals surface area (Å²) in [6.07, 6.45) is 8.83. The molecule has 0 bridgehead atoms. The fourth-order valence-electron chi connectivity index (χ4n) is 7.28. The SMILES string of the molecule is COCCC1(C)\C(=C/C=C/C=C/C2=Nc3ccc(S(=O)(=O)O)cc3C2(C)CCCS(=O)(=O)O)N(CCOCCC(=O)ON2C(=O)CCC2=O)c2ccc(S(=O)(=O)O)cc21. The zero-order valence-corrected chi connectivity index (χ0v) is 34.9. The molecule has 0 aromatic heterocycles. The quantitative estimate of drug-likeness (QED) is 0.0779. The number of carbonyl (C=O) groups excluding carboxylic acids is 3. The number of benzene rings is 2. The van der Waals surface area contributed by atoms with Crippen LogP contribution in [0.25, 0.3) is 0 Å². The fraction of sp³-hybridized carbons (Fsp3) is 0.421. The molecule has 59 heavy (non-hydrogen) atoms. The lowest BCUT2D eigenvalue weighted by Gasteiger charge is -2.30. The van der Waals surface area contributed by atoms with Gasteiger partial charge in [-0.3, -0.25) is 28.2 Å². The molecule has 2 aromatic carbocycles. The van der Waals surface area contributed by atoms with E-state index in [4.69, 9.17) is 14.3 Å². The average Bonchev–Trinajstić information content (AvgIpc) is 3.70. The van der Waals surface area contributed by atoms with Crippen LogP contribution in [0, 0.1) is 0 Å². The Hall–Kier alpha value is -4.61. The summed E-state index contributed by atoms with van der Waals surface area (Å²) in [6.45, 7) is 4.12. The first-order chi connectivity index (χ1) is 27.6. The van der Waals surface area contributed by atoms with E-state index < -0.39 is 64.7 Å². The molecule has 3 aliphatic rings. The third-order valence-electron chi connectivity index (χ3n) is 10.4. The second-order valence-electron chi connectivity index (χ2n) is 14.5. The fourth-order valence-corrected chi connectivity index (χ4v) is 8.80. The van der Waals surface area contributed by atoms with Crippen LogP contribution < -0.4 is 4.90 Å². The molecule has 2 aromatic rings. The summed E-state index contributed by atoms with van der Waals surface area (Å²) in [5.74, 6) is -2.56. The number of amides is 2. The number of methoxy groups -OCH3 is 1. The second kappa shape index (κ2) is 17.9. The number of allylic oxidation sites excluding steroid dienone is 6. The number of imide groups is 1. The Bertz CT molecular complexity index is 2450. The number of rotatable bonds is 19. The number of hydroxylamine groups is 2. The first-order valence-electron chi connectivity index (χ1n) is 18.3. The molecule has 2 atom stereocenters. The van der Waals surface area contributed by atoms with Gasteiger partial charge >= 0.3 is 5.97 Å². The summed E-state index contributed by atoms with van der Waals surface area (Å²) in [5, 5.41) is 0.458. The Morgan fingerprint density at radius 3 is 2.10 bits per heavy atom. The van der Waals surface area contributed by atoms with E-state index in [9.17, 15) is 53.3 Å². The Balaban J connectivity index is 1.40. The Morgan fingerprint density at radius 2 is 1.47 bits per heavy atom. The van der Waals surface area contributed by atoms with Gasteiger partial charge in [-0.25, -0.2) is 4.79 Å². The highest BCUT2D eigenvalue weighted by Gasteiger charge is 2.44. The number of aliphatic imine (C=N–C) groups is 1. The maximum absolute atomic E-state index is 12.3. The summed E-state index contributed by atoms with van der Waals surface area (Å²) in [6, 6.07) is 8.20. The monoisotopic (exact) mass is 879 g/mol. The lowest BCUT2D eigenvalue weighted by atomic mass is 9.76. The molecular formula is C38H45N3O15S3. The zero-order chi connectivity index (χ0) is 43.4. The molecule has 0 aliphatic carbocycles. The predicted molar refractivity (Wildman–Crippen MR) is 213 cm³/mol. The molecule has 0 spiro atoms. The van der Waals surface area contributed by atoms with Crippen molar-refractivity contribution in [3.8, 4) is 0 Å². The van der Waals surface area contributed by atoms with E-state index in [0.717, 1.165) is 0 Å². The lowest BCUT2D eigenvalue weighted by molar-refractivity contribution is -0.198. The van der Waals surface area contributed by atoms with Crippen LogP contribution in [0.1, 0.15) is 63.5 Å². The van der Waals surface area contributed by atoms with E-state index in [-0.39, 0.29) is 68.3 Å². The number of hydrogen-bond acceptors (Lipinski definition) is 14. The number of nitrogens with zero attached hydrogens (tertiary/aromatic N) is 3. The predicted octanol–water partition coefficient (Wildman–Crippen LogP) is 4.02. The molecule has 0 saturated carbocycles. The molecule has 3 heterocycles. The van der Waals surface area contributed by atoms with Crippen LogP contribution >= 0.6 is 0 Å². The van der Waals surface area contributed by atoms with Gasteiger partial charge in [0.15, 0.2) is 0 Å². The van der Waals surface area contributed by atoms with Gasteiger partial charge < -0.3 is 19.2 Å². The zero-order valence-electron chi connectivity index (χ0n) is 32.4. The first-order valence-corrected chi connectivity index (χ1v) is 22.8. The molecule has 1 fully saturated rings. The third kappa shape index (κ3) is 10.6. The van der Waals surface area contributed by atoms with Gasteiger partial charge in [0.25, 0.3) is 42.2 Å². The molecule has 21 heteroatoms. The smallest absolute Gasteiger partial charge is 0.335 e. The summed E-state index contributed by atoms with van der Waals surface area (Å²) >= 11 is 0. The van der Waals surface area contributed by atoms with Crippen molar-refractivity contribution in [3.63, 3.8) is 0 Å². The average molecular weight is 880 g/mol. The van der Waals surface area contributed by atoms with Crippen LogP contribution in [-0.2, 0) is 69.9 Å².